The number of likely N-dealkylation sites (tertiary alicyclic amines) is 1. The Morgan fingerprint density at radius 3 is 2.08 bits per heavy atom. The summed E-state index contributed by atoms with van der Waals surface area (Å²) in [6.45, 7) is 2.74. The molecule has 2 heteroatoms. The molecule has 2 bridgehead atoms. The summed E-state index contributed by atoms with van der Waals surface area (Å²) < 4.78 is 0. The van der Waals surface area contributed by atoms with Gasteiger partial charge in [0.1, 0.15) is 0 Å². The molecule has 1 nitrogen and oxygen atoms in total. The van der Waals surface area contributed by atoms with Crippen molar-refractivity contribution in [1.29, 1.82) is 0 Å². The maximum atomic E-state index is 2.54. The van der Waals surface area contributed by atoms with E-state index in [1.165, 1.54) is 31.0 Å². The number of nitrogens with zero attached hydrogens (tertiary/aromatic N) is 1. The first-order chi connectivity index (χ1) is 5.55. The molecule has 0 radical (unpaired) electrons. The first-order valence-electron chi connectivity index (χ1n) is 4.92. The van der Waals surface area contributed by atoms with Gasteiger partial charge >= 0.3 is 0 Å². The summed E-state index contributed by atoms with van der Waals surface area (Å²) in [4.78, 5) is 2.54. The quantitative estimate of drug-likeness (QED) is 0.557. The van der Waals surface area contributed by atoms with E-state index in [2.05, 4.69) is 24.5 Å². The Balaban J connectivity index is 2.06. The Kier molecular flexibility index (Phi) is 2.16. The summed E-state index contributed by atoms with van der Waals surface area (Å²) in [5.41, 5.74) is 0. The molecule has 2 aliphatic rings. The average Bonchev–Trinajstić information content (AvgIpc) is 1.78. The molecule has 0 spiro atoms. The SMILES string of the molecule is CN1CC2CC(C1)CS(C)(C)C2. The van der Waals surface area contributed by atoms with Crippen LogP contribution in [0.4, 0.5) is 0 Å². The second kappa shape index (κ2) is 2.91. The van der Waals surface area contributed by atoms with Crippen molar-refractivity contribution in [3.05, 3.63) is 0 Å². The number of rotatable bonds is 0. The number of piperidine rings is 1. The van der Waals surface area contributed by atoms with Crippen LogP contribution < -0.4 is 0 Å². The third-order valence-corrected chi connectivity index (χ3v) is 5.93. The lowest BCUT2D eigenvalue weighted by Gasteiger charge is -2.49. The van der Waals surface area contributed by atoms with Crippen molar-refractivity contribution in [2.45, 2.75) is 6.42 Å². The van der Waals surface area contributed by atoms with E-state index in [1.54, 1.807) is 0 Å². The fourth-order valence-corrected chi connectivity index (χ4v) is 6.33. The van der Waals surface area contributed by atoms with Gasteiger partial charge in [-0.05, 0) is 49.3 Å². The predicted molar refractivity (Wildman–Crippen MR) is 58.3 cm³/mol. The van der Waals surface area contributed by atoms with Gasteiger partial charge in [-0.25, -0.2) is 10.0 Å². The highest BCUT2D eigenvalue weighted by Gasteiger charge is 2.35. The molecule has 72 valence electrons. The zero-order chi connectivity index (χ0) is 8.77. The lowest BCUT2D eigenvalue weighted by atomic mass is 9.91. The van der Waals surface area contributed by atoms with E-state index in [0.29, 0.717) is 0 Å². The predicted octanol–water partition coefficient (Wildman–Crippen LogP) is 1.63. The molecule has 2 aliphatic heterocycles. The van der Waals surface area contributed by atoms with E-state index >= 15 is 0 Å². The van der Waals surface area contributed by atoms with Crippen LogP contribution in [0.2, 0.25) is 0 Å². The smallest absolute Gasteiger partial charge is 0.00142 e. The monoisotopic (exact) mass is 187 g/mol. The van der Waals surface area contributed by atoms with Crippen molar-refractivity contribution in [3.8, 4) is 0 Å². The molecule has 2 heterocycles. The van der Waals surface area contributed by atoms with Gasteiger partial charge in [0.25, 0.3) is 0 Å². The standard InChI is InChI=1S/C10H21NS/c1-11-5-9-4-10(6-11)8-12(2,3)7-9/h9-10H,4-8H2,1-3H3. The maximum absolute atomic E-state index is 2.54. The molecular weight excluding hydrogens is 166 g/mol. The fourth-order valence-electron chi connectivity index (χ4n) is 3.16. The molecule has 0 amide bonds. The van der Waals surface area contributed by atoms with Crippen molar-refractivity contribution in [2.75, 3.05) is 44.2 Å². The van der Waals surface area contributed by atoms with Gasteiger partial charge in [-0.3, -0.25) is 0 Å². The van der Waals surface area contributed by atoms with E-state index in [0.717, 1.165) is 11.8 Å². The van der Waals surface area contributed by atoms with E-state index in [-0.39, 0.29) is 10.0 Å². The summed E-state index contributed by atoms with van der Waals surface area (Å²) >= 11 is 0. The highest BCUT2D eigenvalue weighted by atomic mass is 32.3. The van der Waals surface area contributed by atoms with Crippen LogP contribution in [-0.4, -0.2) is 49.1 Å². The van der Waals surface area contributed by atoms with Crippen molar-refractivity contribution in [1.82, 2.24) is 4.90 Å². The summed E-state index contributed by atoms with van der Waals surface area (Å²) in [6, 6.07) is 0. The van der Waals surface area contributed by atoms with Crippen LogP contribution >= 0.6 is 10.0 Å². The second-order valence-electron chi connectivity index (χ2n) is 5.29. The van der Waals surface area contributed by atoms with Crippen molar-refractivity contribution in [3.63, 3.8) is 0 Å². The minimum absolute atomic E-state index is 0.192. The molecule has 2 fully saturated rings. The van der Waals surface area contributed by atoms with Crippen LogP contribution in [0.15, 0.2) is 0 Å². The molecule has 0 saturated carbocycles. The van der Waals surface area contributed by atoms with Gasteiger partial charge in [-0.2, -0.15) is 0 Å². The van der Waals surface area contributed by atoms with Gasteiger partial charge in [0.15, 0.2) is 0 Å². The van der Waals surface area contributed by atoms with Crippen LogP contribution in [-0.2, 0) is 0 Å². The first-order valence-corrected chi connectivity index (χ1v) is 7.71. The zero-order valence-corrected chi connectivity index (χ0v) is 9.36. The highest BCUT2D eigenvalue weighted by molar-refractivity contribution is 8.32. The first kappa shape index (κ1) is 8.89. The van der Waals surface area contributed by atoms with Crippen molar-refractivity contribution >= 4 is 10.0 Å². The van der Waals surface area contributed by atoms with Crippen molar-refractivity contribution in [2.24, 2.45) is 11.8 Å². The summed E-state index contributed by atoms with van der Waals surface area (Å²) in [7, 11) is 2.09. The van der Waals surface area contributed by atoms with Crippen LogP contribution in [0.25, 0.3) is 0 Å². The molecule has 0 aromatic carbocycles. The molecule has 2 unspecified atom stereocenters. The summed E-state index contributed by atoms with van der Waals surface area (Å²) in [5.74, 6) is 5.14. The molecular formula is C10H21NS. The Bertz CT molecular complexity index is 159. The van der Waals surface area contributed by atoms with Crippen molar-refractivity contribution < 1.29 is 0 Å². The van der Waals surface area contributed by atoms with Gasteiger partial charge in [-0.1, -0.05) is 0 Å². The van der Waals surface area contributed by atoms with Gasteiger partial charge in [0, 0.05) is 13.1 Å². The number of hydrogen-bond acceptors (Lipinski definition) is 1. The Morgan fingerprint density at radius 2 is 1.58 bits per heavy atom. The minimum atomic E-state index is -0.192. The minimum Gasteiger partial charge on any atom is -0.306 e. The molecule has 12 heavy (non-hydrogen) atoms. The largest absolute Gasteiger partial charge is 0.306 e. The third kappa shape index (κ3) is 1.80. The second-order valence-corrected chi connectivity index (χ2v) is 9.49. The Labute approximate surface area is 77.8 Å². The zero-order valence-electron chi connectivity index (χ0n) is 8.55. The lowest BCUT2D eigenvalue weighted by Crippen LogP contribution is -2.45. The van der Waals surface area contributed by atoms with Gasteiger partial charge < -0.3 is 4.90 Å². The number of hydrogen-bond donors (Lipinski definition) is 0. The van der Waals surface area contributed by atoms with Crippen LogP contribution in [0.1, 0.15) is 6.42 Å². The molecule has 0 aromatic rings. The van der Waals surface area contributed by atoms with Crippen LogP contribution in [0.5, 0.6) is 0 Å². The normalized spacial score (nSPS) is 43.9. The summed E-state index contributed by atoms with van der Waals surface area (Å²) in [6.07, 6.45) is 6.58. The van der Waals surface area contributed by atoms with Crippen LogP contribution in [0, 0.1) is 11.8 Å². The van der Waals surface area contributed by atoms with E-state index in [4.69, 9.17) is 0 Å². The third-order valence-electron chi connectivity index (χ3n) is 3.18. The topological polar surface area (TPSA) is 3.24 Å². The van der Waals surface area contributed by atoms with E-state index < -0.39 is 0 Å². The Hall–Kier alpha value is 0.310. The fraction of sp³-hybridized carbons (Fsp3) is 1.00. The summed E-state index contributed by atoms with van der Waals surface area (Å²) in [5, 5.41) is 0. The molecule has 2 saturated heterocycles. The highest BCUT2D eigenvalue weighted by Crippen LogP contribution is 2.50. The van der Waals surface area contributed by atoms with E-state index in [9.17, 15) is 0 Å². The molecule has 2 rings (SSSR count). The van der Waals surface area contributed by atoms with Gasteiger partial charge in [-0.15, -0.1) is 0 Å². The lowest BCUT2D eigenvalue weighted by molar-refractivity contribution is 0.169. The van der Waals surface area contributed by atoms with Crippen LogP contribution in [0.3, 0.4) is 0 Å². The van der Waals surface area contributed by atoms with Gasteiger partial charge in [0.05, 0.1) is 0 Å². The Morgan fingerprint density at radius 1 is 1.08 bits per heavy atom. The molecule has 0 N–H and O–H groups in total. The van der Waals surface area contributed by atoms with E-state index in [1.807, 2.05) is 0 Å². The number of fused-ring (bicyclic) bond motifs is 2. The van der Waals surface area contributed by atoms with Gasteiger partial charge in [0.2, 0.25) is 0 Å². The molecule has 2 atom stereocenters. The average molecular weight is 187 g/mol. The molecule has 0 aromatic heterocycles. The molecule has 0 aliphatic carbocycles. The maximum Gasteiger partial charge on any atom is 0.00142 e.